The van der Waals surface area contributed by atoms with Gasteiger partial charge in [-0.15, -0.1) is 0 Å². The number of nitrogens with zero attached hydrogens (tertiary/aromatic N) is 1. The van der Waals surface area contributed by atoms with E-state index in [1.807, 2.05) is 0 Å². The Hall–Kier alpha value is -1.26. The molecule has 1 aromatic heterocycles. The van der Waals surface area contributed by atoms with Crippen LogP contribution in [0.5, 0.6) is 0 Å². The second-order valence-corrected chi connectivity index (χ2v) is 4.30. The number of rotatable bonds is 3. The Labute approximate surface area is 108 Å². The predicted molar refractivity (Wildman–Crippen MR) is 66.9 cm³/mol. The molecule has 0 amide bonds. The van der Waals surface area contributed by atoms with Gasteiger partial charge in [0.05, 0.1) is 6.54 Å². The Kier molecular flexibility index (Phi) is 4.37. The maximum absolute atomic E-state index is 12.0. The standard InChI is InChI=1S/C11H11Cl2NO3/c1-6-3-7(2)14(5-8(13)4-12)10(15)9(6)11(16)17/h3-4H,5H2,1-2H3,(H,16,17). The van der Waals surface area contributed by atoms with Crippen molar-refractivity contribution in [2.75, 3.05) is 0 Å². The van der Waals surface area contributed by atoms with Crippen LogP contribution in [-0.4, -0.2) is 15.6 Å². The van der Waals surface area contributed by atoms with E-state index in [-0.39, 0.29) is 17.1 Å². The van der Waals surface area contributed by atoms with Crippen molar-refractivity contribution in [2.45, 2.75) is 20.4 Å². The lowest BCUT2D eigenvalue weighted by Crippen LogP contribution is -2.29. The lowest BCUT2D eigenvalue weighted by Gasteiger charge is -2.11. The van der Waals surface area contributed by atoms with Crippen LogP contribution in [0, 0.1) is 13.8 Å². The number of halogens is 2. The van der Waals surface area contributed by atoms with Crippen molar-refractivity contribution in [1.29, 1.82) is 0 Å². The summed E-state index contributed by atoms with van der Waals surface area (Å²) < 4.78 is 1.28. The van der Waals surface area contributed by atoms with Crippen LogP contribution in [0.4, 0.5) is 0 Å². The number of aryl methyl sites for hydroxylation is 2. The Balaban J connectivity index is 3.47. The number of hydrogen-bond acceptors (Lipinski definition) is 2. The number of carbonyl (C=O) groups is 1. The first kappa shape index (κ1) is 13.8. The second kappa shape index (κ2) is 5.38. The summed E-state index contributed by atoms with van der Waals surface area (Å²) in [6, 6.07) is 1.63. The van der Waals surface area contributed by atoms with E-state index >= 15 is 0 Å². The van der Waals surface area contributed by atoms with Crippen LogP contribution < -0.4 is 5.56 Å². The molecule has 0 aliphatic carbocycles. The van der Waals surface area contributed by atoms with E-state index < -0.39 is 11.5 Å². The van der Waals surface area contributed by atoms with E-state index in [0.29, 0.717) is 11.3 Å². The number of allylic oxidation sites excluding steroid dienone is 1. The smallest absolute Gasteiger partial charge is 0.341 e. The van der Waals surface area contributed by atoms with E-state index in [1.54, 1.807) is 19.9 Å². The lowest BCUT2D eigenvalue weighted by atomic mass is 10.1. The summed E-state index contributed by atoms with van der Waals surface area (Å²) in [6.07, 6.45) is 0. The number of aromatic carboxylic acids is 1. The zero-order valence-corrected chi connectivity index (χ0v) is 10.8. The number of carboxylic acids is 1. The minimum absolute atomic E-state index is 0.0658. The van der Waals surface area contributed by atoms with Crippen LogP contribution in [0.25, 0.3) is 0 Å². The molecule has 92 valence electrons. The van der Waals surface area contributed by atoms with Crippen LogP contribution >= 0.6 is 23.2 Å². The highest BCUT2D eigenvalue weighted by Crippen LogP contribution is 2.11. The summed E-state index contributed by atoms with van der Waals surface area (Å²) in [5.74, 6) is -1.24. The van der Waals surface area contributed by atoms with Crippen molar-refractivity contribution in [3.63, 3.8) is 0 Å². The Bertz CT molecular complexity index is 546. The zero-order valence-electron chi connectivity index (χ0n) is 9.33. The molecule has 6 heteroatoms. The minimum Gasteiger partial charge on any atom is -0.477 e. The Morgan fingerprint density at radius 3 is 2.59 bits per heavy atom. The van der Waals surface area contributed by atoms with Crippen molar-refractivity contribution in [3.05, 3.63) is 43.8 Å². The van der Waals surface area contributed by atoms with Crippen molar-refractivity contribution in [3.8, 4) is 0 Å². The largest absolute Gasteiger partial charge is 0.477 e. The molecule has 0 aliphatic heterocycles. The number of pyridine rings is 1. The lowest BCUT2D eigenvalue weighted by molar-refractivity contribution is 0.0693. The molecule has 0 bridgehead atoms. The molecule has 1 heterocycles. The van der Waals surface area contributed by atoms with Gasteiger partial charge in [-0.2, -0.15) is 0 Å². The molecule has 0 radical (unpaired) electrons. The molecular weight excluding hydrogens is 265 g/mol. The fourth-order valence-electron chi connectivity index (χ4n) is 1.57. The quantitative estimate of drug-likeness (QED) is 0.922. The van der Waals surface area contributed by atoms with Crippen LogP contribution in [0.3, 0.4) is 0 Å². The summed E-state index contributed by atoms with van der Waals surface area (Å²) >= 11 is 11.2. The van der Waals surface area contributed by atoms with Gasteiger partial charge >= 0.3 is 5.97 Å². The number of hydrogen-bond donors (Lipinski definition) is 1. The van der Waals surface area contributed by atoms with Gasteiger partial charge in [-0.25, -0.2) is 4.79 Å². The van der Waals surface area contributed by atoms with E-state index in [9.17, 15) is 9.59 Å². The molecule has 0 aromatic carbocycles. The van der Waals surface area contributed by atoms with Crippen molar-refractivity contribution in [2.24, 2.45) is 0 Å². The van der Waals surface area contributed by atoms with E-state index in [4.69, 9.17) is 28.3 Å². The molecule has 0 fully saturated rings. The molecule has 1 aromatic rings. The highest BCUT2D eigenvalue weighted by atomic mass is 35.5. The molecule has 0 unspecified atom stereocenters. The summed E-state index contributed by atoms with van der Waals surface area (Å²) in [4.78, 5) is 22.9. The molecular formula is C11H11Cl2NO3. The molecule has 17 heavy (non-hydrogen) atoms. The summed E-state index contributed by atoms with van der Waals surface area (Å²) in [5, 5.41) is 9.23. The third-order valence-electron chi connectivity index (χ3n) is 2.35. The average molecular weight is 276 g/mol. The summed E-state index contributed by atoms with van der Waals surface area (Å²) in [6.45, 7) is 3.36. The fraction of sp³-hybridized carbons (Fsp3) is 0.273. The van der Waals surface area contributed by atoms with E-state index in [1.165, 1.54) is 4.57 Å². The number of aromatic nitrogens is 1. The van der Waals surface area contributed by atoms with Gasteiger partial charge in [-0.05, 0) is 25.5 Å². The van der Waals surface area contributed by atoms with E-state index in [2.05, 4.69) is 0 Å². The molecule has 0 atom stereocenters. The highest BCUT2D eigenvalue weighted by molar-refractivity contribution is 6.36. The first-order valence-electron chi connectivity index (χ1n) is 4.77. The summed E-state index contributed by atoms with van der Waals surface area (Å²) in [5.41, 5.74) is 1.39. The molecule has 1 rings (SSSR count). The van der Waals surface area contributed by atoms with Gasteiger partial charge < -0.3 is 9.67 Å². The molecule has 0 spiro atoms. The molecule has 4 nitrogen and oxygen atoms in total. The Morgan fingerprint density at radius 1 is 1.53 bits per heavy atom. The monoisotopic (exact) mass is 275 g/mol. The van der Waals surface area contributed by atoms with Crippen molar-refractivity contribution >= 4 is 29.2 Å². The molecule has 0 saturated carbocycles. The summed E-state index contributed by atoms with van der Waals surface area (Å²) in [7, 11) is 0. The zero-order chi connectivity index (χ0) is 13.2. The van der Waals surface area contributed by atoms with Gasteiger partial charge in [0.2, 0.25) is 0 Å². The van der Waals surface area contributed by atoms with Gasteiger partial charge in [-0.1, -0.05) is 23.2 Å². The SMILES string of the molecule is Cc1cc(C)n(CC(Cl)=CCl)c(=O)c1C(=O)O. The highest BCUT2D eigenvalue weighted by Gasteiger charge is 2.16. The van der Waals surface area contributed by atoms with Crippen LogP contribution in [-0.2, 0) is 6.54 Å². The maximum atomic E-state index is 12.0. The van der Waals surface area contributed by atoms with E-state index in [0.717, 1.165) is 5.54 Å². The Morgan fingerprint density at radius 2 is 2.12 bits per heavy atom. The topological polar surface area (TPSA) is 59.3 Å². The molecule has 0 saturated heterocycles. The normalized spacial score (nSPS) is 11.6. The van der Waals surface area contributed by atoms with Crippen LogP contribution in [0.2, 0.25) is 0 Å². The second-order valence-electron chi connectivity index (χ2n) is 3.60. The van der Waals surface area contributed by atoms with Crippen LogP contribution in [0.15, 0.2) is 21.4 Å². The molecule has 1 N–H and O–H groups in total. The van der Waals surface area contributed by atoms with Gasteiger partial charge in [0.25, 0.3) is 5.56 Å². The fourth-order valence-corrected chi connectivity index (χ4v) is 1.76. The van der Waals surface area contributed by atoms with Crippen molar-refractivity contribution < 1.29 is 9.90 Å². The minimum atomic E-state index is -1.24. The average Bonchev–Trinajstić information content (AvgIpc) is 2.22. The first-order chi connectivity index (χ1) is 7.88. The first-order valence-corrected chi connectivity index (χ1v) is 5.59. The molecule has 0 aliphatic rings. The van der Waals surface area contributed by atoms with Crippen molar-refractivity contribution in [1.82, 2.24) is 4.57 Å². The predicted octanol–water partition coefficient (Wildman–Crippen LogP) is 2.48. The number of carboxylic acid groups (broad SMARTS) is 1. The maximum Gasteiger partial charge on any atom is 0.341 e. The van der Waals surface area contributed by atoms with Gasteiger partial charge in [0, 0.05) is 16.3 Å². The third-order valence-corrected chi connectivity index (χ3v) is 2.95. The van der Waals surface area contributed by atoms with Crippen LogP contribution in [0.1, 0.15) is 21.6 Å². The van der Waals surface area contributed by atoms with Gasteiger partial charge in [0.1, 0.15) is 5.56 Å². The van der Waals surface area contributed by atoms with Gasteiger partial charge in [0.15, 0.2) is 0 Å². The van der Waals surface area contributed by atoms with Gasteiger partial charge in [-0.3, -0.25) is 4.79 Å². The third kappa shape index (κ3) is 2.90.